The van der Waals surface area contributed by atoms with Crippen LogP contribution in [0.5, 0.6) is 0 Å². The summed E-state index contributed by atoms with van der Waals surface area (Å²) < 4.78 is 0. The van der Waals surface area contributed by atoms with Crippen LogP contribution >= 0.6 is 0 Å². The second-order valence-electron chi connectivity index (χ2n) is 6.58. The van der Waals surface area contributed by atoms with Crippen LogP contribution in [0.3, 0.4) is 0 Å². The number of hydrazine groups is 1. The monoisotopic (exact) mass is 320 g/mol. The van der Waals surface area contributed by atoms with Gasteiger partial charge in [-0.3, -0.25) is 14.6 Å². The van der Waals surface area contributed by atoms with Crippen LogP contribution in [0.1, 0.15) is 33.9 Å². The molecule has 0 aliphatic carbocycles. The van der Waals surface area contributed by atoms with E-state index in [0.29, 0.717) is 19.5 Å². The van der Waals surface area contributed by atoms with Crippen molar-refractivity contribution >= 4 is 11.7 Å². The normalized spacial score (nSPS) is 23.5. The van der Waals surface area contributed by atoms with Crippen molar-refractivity contribution in [2.24, 2.45) is 5.92 Å². The molecule has 2 aromatic carbocycles. The number of amides is 1. The van der Waals surface area contributed by atoms with E-state index in [4.69, 9.17) is 0 Å². The Morgan fingerprint density at radius 2 is 1.75 bits per heavy atom. The van der Waals surface area contributed by atoms with E-state index >= 15 is 0 Å². The Balaban J connectivity index is 1.71. The SMILES string of the molecule is Cc1ccc(C(=O)C2CN3C(=O)CCN3C2c2ccccc2)cc1. The van der Waals surface area contributed by atoms with Crippen LogP contribution in [-0.2, 0) is 4.79 Å². The molecule has 2 atom stereocenters. The van der Waals surface area contributed by atoms with Crippen molar-refractivity contribution in [2.75, 3.05) is 13.1 Å². The minimum absolute atomic E-state index is 0.0635. The quantitative estimate of drug-likeness (QED) is 0.816. The summed E-state index contributed by atoms with van der Waals surface area (Å²) in [4.78, 5) is 25.3. The van der Waals surface area contributed by atoms with Crippen molar-refractivity contribution < 1.29 is 9.59 Å². The number of carbonyl (C=O) groups excluding carboxylic acids is 2. The van der Waals surface area contributed by atoms with E-state index < -0.39 is 0 Å². The Morgan fingerprint density at radius 1 is 1.04 bits per heavy atom. The Bertz CT molecular complexity index is 770. The van der Waals surface area contributed by atoms with E-state index in [1.54, 1.807) is 5.01 Å². The summed E-state index contributed by atoms with van der Waals surface area (Å²) in [5.41, 5.74) is 2.96. The fraction of sp³-hybridized carbons (Fsp3) is 0.300. The number of aryl methyl sites for hydroxylation is 1. The lowest BCUT2D eigenvalue weighted by Crippen LogP contribution is -2.33. The van der Waals surface area contributed by atoms with Gasteiger partial charge in [-0.05, 0) is 12.5 Å². The molecule has 4 nitrogen and oxygen atoms in total. The maximum absolute atomic E-state index is 13.1. The van der Waals surface area contributed by atoms with E-state index in [-0.39, 0.29) is 23.7 Å². The largest absolute Gasteiger partial charge is 0.294 e. The summed E-state index contributed by atoms with van der Waals surface area (Å²) in [5.74, 6) is 0.0144. The summed E-state index contributed by atoms with van der Waals surface area (Å²) in [6, 6.07) is 17.7. The van der Waals surface area contributed by atoms with Gasteiger partial charge in [0.05, 0.1) is 12.0 Å². The van der Waals surface area contributed by atoms with Gasteiger partial charge in [0.15, 0.2) is 5.78 Å². The summed E-state index contributed by atoms with van der Waals surface area (Å²) in [6.45, 7) is 3.18. The molecule has 2 heterocycles. The van der Waals surface area contributed by atoms with Gasteiger partial charge in [0.1, 0.15) is 0 Å². The maximum atomic E-state index is 13.1. The predicted octanol–water partition coefficient (Wildman–Crippen LogP) is 3.00. The fourth-order valence-electron chi connectivity index (χ4n) is 3.81. The average molecular weight is 320 g/mol. The molecule has 0 spiro atoms. The number of hydrogen-bond acceptors (Lipinski definition) is 3. The van der Waals surface area contributed by atoms with Crippen molar-refractivity contribution in [3.8, 4) is 0 Å². The number of hydrogen-bond donors (Lipinski definition) is 0. The average Bonchev–Trinajstić information content (AvgIpc) is 3.16. The third kappa shape index (κ3) is 2.43. The maximum Gasteiger partial charge on any atom is 0.238 e. The van der Waals surface area contributed by atoms with Gasteiger partial charge in [0.25, 0.3) is 0 Å². The minimum Gasteiger partial charge on any atom is -0.294 e. The Morgan fingerprint density at radius 3 is 2.46 bits per heavy atom. The van der Waals surface area contributed by atoms with Crippen LogP contribution in [0.25, 0.3) is 0 Å². The third-order valence-electron chi connectivity index (χ3n) is 5.04. The third-order valence-corrected chi connectivity index (χ3v) is 5.04. The molecule has 4 heteroatoms. The molecule has 0 N–H and O–H groups in total. The van der Waals surface area contributed by atoms with E-state index in [1.165, 1.54) is 0 Å². The number of nitrogens with zero attached hydrogens (tertiary/aromatic N) is 2. The number of ketones is 1. The number of Topliss-reactive ketones (excluding diaryl/α,β-unsaturated/α-hetero) is 1. The van der Waals surface area contributed by atoms with E-state index in [9.17, 15) is 9.59 Å². The van der Waals surface area contributed by atoms with Crippen LogP contribution in [0.4, 0.5) is 0 Å². The second-order valence-corrected chi connectivity index (χ2v) is 6.58. The molecule has 24 heavy (non-hydrogen) atoms. The smallest absolute Gasteiger partial charge is 0.238 e. The highest BCUT2D eigenvalue weighted by atomic mass is 16.2. The molecule has 2 saturated heterocycles. The van der Waals surface area contributed by atoms with Gasteiger partial charge < -0.3 is 0 Å². The second kappa shape index (κ2) is 5.87. The van der Waals surface area contributed by atoms with Gasteiger partial charge in [0, 0.05) is 25.1 Å². The van der Waals surface area contributed by atoms with Crippen molar-refractivity contribution in [3.05, 3.63) is 71.3 Å². The van der Waals surface area contributed by atoms with Crippen molar-refractivity contribution in [3.63, 3.8) is 0 Å². The molecular formula is C20H20N2O2. The van der Waals surface area contributed by atoms with Gasteiger partial charge in [-0.2, -0.15) is 0 Å². The lowest BCUT2D eigenvalue weighted by atomic mass is 9.87. The van der Waals surface area contributed by atoms with Crippen molar-refractivity contribution in [1.29, 1.82) is 0 Å². The Labute approximate surface area is 141 Å². The first kappa shape index (κ1) is 15.1. The van der Waals surface area contributed by atoms with E-state index in [0.717, 1.165) is 16.7 Å². The van der Waals surface area contributed by atoms with Crippen LogP contribution < -0.4 is 0 Å². The summed E-state index contributed by atoms with van der Waals surface area (Å²) in [6.07, 6.45) is 0.536. The van der Waals surface area contributed by atoms with Crippen LogP contribution in [0.15, 0.2) is 54.6 Å². The molecule has 122 valence electrons. The zero-order chi connectivity index (χ0) is 16.7. The van der Waals surface area contributed by atoms with Gasteiger partial charge >= 0.3 is 0 Å². The first-order chi connectivity index (χ1) is 11.6. The number of carbonyl (C=O) groups is 2. The Hall–Kier alpha value is -2.46. The molecule has 2 aliphatic rings. The molecule has 2 aromatic rings. The standard InChI is InChI=1S/C20H20N2O2/c1-14-7-9-16(10-8-14)20(24)17-13-22-18(23)11-12-21(22)19(17)15-5-3-2-4-6-15/h2-10,17,19H,11-13H2,1H3. The van der Waals surface area contributed by atoms with E-state index in [2.05, 4.69) is 5.01 Å². The minimum atomic E-state index is -0.223. The summed E-state index contributed by atoms with van der Waals surface area (Å²) >= 11 is 0. The highest BCUT2D eigenvalue weighted by Crippen LogP contribution is 2.41. The molecule has 2 aliphatic heterocycles. The molecule has 4 rings (SSSR count). The molecule has 2 unspecified atom stereocenters. The van der Waals surface area contributed by atoms with Crippen LogP contribution in [0, 0.1) is 12.8 Å². The molecule has 0 saturated carbocycles. The first-order valence-corrected chi connectivity index (χ1v) is 8.38. The molecule has 0 radical (unpaired) electrons. The fourth-order valence-corrected chi connectivity index (χ4v) is 3.81. The zero-order valence-corrected chi connectivity index (χ0v) is 13.7. The highest BCUT2D eigenvalue weighted by Gasteiger charge is 2.48. The predicted molar refractivity (Wildman–Crippen MR) is 91.2 cm³/mol. The highest BCUT2D eigenvalue weighted by molar-refractivity contribution is 5.99. The molecule has 0 bridgehead atoms. The molecule has 0 aromatic heterocycles. The van der Waals surface area contributed by atoms with Gasteiger partial charge in [-0.1, -0.05) is 60.2 Å². The van der Waals surface area contributed by atoms with E-state index in [1.807, 2.05) is 61.5 Å². The van der Waals surface area contributed by atoms with Crippen molar-refractivity contribution in [1.82, 2.24) is 10.0 Å². The number of benzene rings is 2. The number of fused-ring (bicyclic) bond motifs is 1. The lowest BCUT2D eigenvalue weighted by molar-refractivity contribution is -0.135. The van der Waals surface area contributed by atoms with Gasteiger partial charge in [0.2, 0.25) is 5.91 Å². The summed E-state index contributed by atoms with van der Waals surface area (Å²) in [7, 11) is 0. The first-order valence-electron chi connectivity index (χ1n) is 8.38. The molecular weight excluding hydrogens is 300 g/mol. The molecule has 1 amide bonds. The van der Waals surface area contributed by atoms with Gasteiger partial charge in [-0.25, -0.2) is 5.01 Å². The zero-order valence-electron chi connectivity index (χ0n) is 13.7. The molecule has 2 fully saturated rings. The topological polar surface area (TPSA) is 40.6 Å². The van der Waals surface area contributed by atoms with Gasteiger partial charge in [-0.15, -0.1) is 0 Å². The lowest BCUT2D eigenvalue weighted by Gasteiger charge is -2.26. The number of rotatable bonds is 3. The Kier molecular flexibility index (Phi) is 3.69. The van der Waals surface area contributed by atoms with Crippen LogP contribution in [-0.4, -0.2) is 34.8 Å². The summed E-state index contributed by atoms with van der Waals surface area (Å²) in [5, 5.41) is 3.85. The van der Waals surface area contributed by atoms with Crippen molar-refractivity contribution in [2.45, 2.75) is 19.4 Å². The van der Waals surface area contributed by atoms with Crippen LogP contribution in [0.2, 0.25) is 0 Å².